The van der Waals surface area contributed by atoms with E-state index in [2.05, 4.69) is 4.72 Å². The van der Waals surface area contributed by atoms with Crippen LogP contribution in [-0.2, 0) is 34.1 Å². The first kappa shape index (κ1) is 18.8. The third-order valence-electron chi connectivity index (χ3n) is 3.87. The highest BCUT2D eigenvalue weighted by Crippen LogP contribution is 2.18. The van der Waals surface area contributed by atoms with Gasteiger partial charge in [-0.15, -0.1) is 0 Å². The van der Waals surface area contributed by atoms with Crippen LogP contribution in [0.5, 0.6) is 0 Å². The average molecular weight is 380 g/mol. The summed E-state index contributed by atoms with van der Waals surface area (Å²) in [5.74, 6) is 0. The van der Waals surface area contributed by atoms with Crippen molar-refractivity contribution in [1.82, 2.24) is 18.2 Å². The largest absolute Gasteiger partial charge is 0.330 e. The van der Waals surface area contributed by atoms with E-state index in [9.17, 15) is 26.4 Å². The van der Waals surface area contributed by atoms with Crippen molar-refractivity contribution in [2.75, 3.05) is 19.3 Å². The lowest BCUT2D eigenvalue weighted by molar-refractivity contribution is 0.308. The first-order chi connectivity index (χ1) is 10.9. The highest BCUT2D eigenvalue weighted by atomic mass is 32.2. The maximum Gasteiger partial charge on any atom is 0.330 e. The molecule has 1 fully saturated rings. The van der Waals surface area contributed by atoms with E-state index in [4.69, 9.17) is 0 Å². The molecule has 0 atom stereocenters. The summed E-state index contributed by atoms with van der Waals surface area (Å²) >= 11 is 0. The minimum atomic E-state index is -4.06. The molecule has 0 bridgehead atoms. The van der Waals surface area contributed by atoms with Gasteiger partial charge in [0.1, 0.15) is 0 Å². The van der Waals surface area contributed by atoms with Crippen LogP contribution in [0.2, 0.25) is 0 Å². The van der Waals surface area contributed by atoms with Crippen molar-refractivity contribution in [2.45, 2.75) is 23.8 Å². The zero-order valence-corrected chi connectivity index (χ0v) is 15.2. The SMILES string of the molecule is Cn1cc(S(=O)(=O)N2CCC(NS(C)(=O)=O)CC2)c(=O)n(C)c1=O. The Labute approximate surface area is 139 Å². The number of aryl methyl sites for hydroxylation is 1. The Hall–Kier alpha value is -1.50. The van der Waals surface area contributed by atoms with E-state index < -0.39 is 36.2 Å². The van der Waals surface area contributed by atoms with E-state index >= 15 is 0 Å². The van der Waals surface area contributed by atoms with E-state index in [0.717, 1.165) is 25.9 Å². The number of hydrogen-bond donors (Lipinski definition) is 1. The molecule has 0 saturated carbocycles. The summed E-state index contributed by atoms with van der Waals surface area (Å²) in [7, 11) is -4.84. The van der Waals surface area contributed by atoms with Crippen LogP contribution in [0.3, 0.4) is 0 Å². The second kappa shape index (κ2) is 6.43. The monoisotopic (exact) mass is 380 g/mol. The van der Waals surface area contributed by atoms with E-state index in [-0.39, 0.29) is 19.1 Å². The van der Waals surface area contributed by atoms with E-state index in [1.54, 1.807) is 0 Å². The molecule has 0 aliphatic carbocycles. The van der Waals surface area contributed by atoms with Gasteiger partial charge in [0.2, 0.25) is 20.0 Å². The van der Waals surface area contributed by atoms with Crippen LogP contribution in [-0.4, -0.2) is 55.7 Å². The Kier molecular flexibility index (Phi) is 5.04. The fourth-order valence-corrected chi connectivity index (χ4v) is 5.07. The molecule has 24 heavy (non-hydrogen) atoms. The maximum atomic E-state index is 12.7. The van der Waals surface area contributed by atoms with Crippen molar-refractivity contribution in [3.8, 4) is 0 Å². The van der Waals surface area contributed by atoms with Crippen molar-refractivity contribution in [2.24, 2.45) is 14.1 Å². The predicted octanol–water partition coefficient (Wildman–Crippen LogP) is -2.21. The van der Waals surface area contributed by atoms with Crippen LogP contribution in [0.1, 0.15) is 12.8 Å². The quantitative estimate of drug-likeness (QED) is 0.631. The first-order valence-electron chi connectivity index (χ1n) is 7.17. The summed E-state index contributed by atoms with van der Waals surface area (Å²) in [5.41, 5.74) is -1.50. The average Bonchev–Trinajstić information content (AvgIpc) is 2.47. The Morgan fingerprint density at radius 3 is 2.12 bits per heavy atom. The standard InChI is InChI=1S/C12H20N4O6S2/c1-14-8-10(11(17)15(2)12(14)18)24(21,22)16-6-4-9(5-7-16)13-23(3,19)20/h8-9,13H,4-7H2,1-3H3. The second-order valence-electron chi connectivity index (χ2n) is 5.82. The number of aromatic nitrogens is 2. The third-order valence-corrected chi connectivity index (χ3v) is 6.51. The van der Waals surface area contributed by atoms with E-state index in [1.807, 2.05) is 0 Å². The molecule has 2 rings (SSSR count). The minimum absolute atomic E-state index is 0.0848. The molecular formula is C12H20N4O6S2. The Balaban J connectivity index is 2.28. The van der Waals surface area contributed by atoms with Gasteiger partial charge in [0.25, 0.3) is 5.56 Å². The predicted molar refractivity (Wildman–Crippen MR) is 86.7 cm³/mol. The molecule has 1 N–H and O–H groups in total. The molecule has 0 unspecified atom stereocenters. The fourth-order valence-electron chi connectivity index (χ4n) is 2.61. The maximum absolute atomic E-state index is 12.7. The molecule has 1 aromatic heterocycles. The Bertz CT molecular complexity index is 952. The topological polar surface area (TPSA) is 128 Å². The second-order valence-corrected chi connectivity index (χ2v) is 9.51. The fraction of sp³-hybridized carbons (Fsp3) is 0.667. The summed E-state index contributed by atoms with van der Waals surface area (Å²) in [6, 6.07) is -0.339. The summed E-state index contributed by atoms with van der Waals surface area (Å²) in [6.07, 6.45) is 2.67. The van der Waals surface area contributed by atoms with Crippen molar-refractivity contribution in [3.05, 3.63) is 27.0 Å². The molecule has 1 aliphatic heterocycles. The van der Waals surface area contributed by atoms with Gasteiger partial charge in [0.15, 0.2) is 4.90 Å². The zero-order valence-electron chi connectivity index (χ0n) is 13.6. The van der Waals surface area contributed by atoms with E-state index in [1.165, 1.54) is 14.1 Å². The lowest BCUT2D eigenvalue weighted by Crippen LogP contribution is -2.48. The van der Waals surface area contributed by atoms with Crippen LogP contribution < -0.4 is 16.0 Å². The minimum Gasteiger partial charge on any atom is -0.302 e. The van der Waals surface area contributed by atoms with Gasteiger partial charge in [-0.25, -0.2) is 26.4 Å². The van der Waals surface area contributed by atoms with Gasteiger partial charge in [-0.1, -0.05) is 0 Å². The number of nitrogens with zero attached hydrogens (tertiary/aromatic N) is 3. The van der Waals surface area contributed by atoms with Crippen LogP contribution in [0, 0.1) is 0 Å². The van der Waals surface area contributed by atoms with Crippen molar-refractivity contribution >= 4 is 20.0 Å². The highest BCUT2D eigenvalue weighted by molar-refractivity contribution is 7.89. The Morgan fingerprint density at radius 2 is 1.62 bits per heavy atom. The van der Waals surface area contributed by atoms with Gasteiger partial charge < -0.3 is 4.57 Å². The van der Waals surface area contributed by atoms with Gasteiger partial charge >= 0.3 is 5.69 Å². The van der Waals surface area contributed by atoms with Crippen molar-refractivity contribution in [3.63, 3.8) is 0 Å². The molecule has 1 aromatic rings. The molecular weight excluding hydrogens is 360 g/mol. The molecule has 10 nitrogen and oxygen atoms in total. The molecule has 0 spiro atoms. The van der Waals surface area contributed by atoms with Gasteiger partial charge in [-0.05, 0) is 12.8 Å². The van der Waals surface area contributed by atoms with Crippen molar-refractivity contribution < 1.29 is 16.8 Å². The number of rotatable bonds is 4. The molecule has 12 heteroatoms. The van der Waals surface area contributed by atoms with Crippen LogP contribution in [0.25, 0.3) is 0 Å². The lowest BCUT2D eigenvalue weighted by atomic mass is 10.1. The first-order valence-corrected chi connectivity index (χ1v) is 10.5. The molecule has 1 saturated heterocycles. The summed E-state index contributed by atoms with van der Waals surface area (Å²) in [5, 5.41) is 0. The highest BCUT2D eigenvalue weighted by Gasteiger charge is 2.32. The van der Waals surface area contributed by atoms with Crippen LogP contribution in [0.15, 0.2) is 20.7 Å². The normalized spacial score (nSPS) is 18.0. The third kappa shape index (κ3) is 3.77. The summed E-state index contributed by atoms with van der Waals surface area (Å²) in [6.45, 7) is 0.170. The number of hydrogen-bond acceptors (Lipinski definition) is 6. The molecule has 1 aliphatic rings. The van der Waals surface area contributed by atoms with Crippen LogP contribution in [0.4, 0.5) is 0 Å². The smallest absolute Gasteiger partial charge is 0.302 e. The van der Waals surface area contributed by atoms with Gasteiger partial charge in [0.05, 0.1) is 6.26 Å². The van der Waals surface area contributed by atoms with Gasteiger partial charge in [0, 0.05) is 39.4 Å². The van der Waals surface area contributed by atoms with Gasteiger partial charge in [-0.3, -0.25) is 9.36 Å². The summed E-state index contributed by atoms with van der Waals surface area (Å²) in [4.78, 5) is 23.3. The van der Waals surface area contributed by atoms with Crippen molar-refractivity contribution in [1.29, 1.82) is 0 Å². The number of piperidine rings is 1. The zero-order chi connectivity index (χ0) is 18.3. The van der Waals surface area contributed by atoms with Crippen LogP contribution >= 0.6 is 0 Å². The Morgan fingerprint density at radius 1 is 1.08 bits per heavy atom. The molecule has 0 radical (unpaired) electrons. The lowest BCUT2D eigenvalue weighted by Gasteiger charge is -2.31. The number of nitrogens with one attached hydrogen (secondary N) is 1. The number of sulfonamides is 2. The van der Waals surface area contributed by atoms with E-state index in [0.29, 0.717) is 12.8 Å². The molecule has 0 aromatic carbocycles. The van der Waals surface area contributed by atoms with Gasteiger partial charge in [-0.2, -0.15) is 4.31 Å². The molecule has 0 amide bonds. The molecule has 2 heterocycles. The molecule has 136 valence electrons. The summed E-state index contributed by atoms with van der Waals surface area (Å²) < 4.78 is 53.2.